The number of nitriles is 1. The molecule has 1 aromatic carbocycles. The third-order valence-electron chi connectivity index (χ3n) is 1.95. The van der Waals surface area contributed by atoms with Crippen LogP contribution in [-0.2, 0) is 0 Å². The summed E-state index contributed by atoms with van der Waals surface area (Å²) in [6, 6.07) is 3.47. The maximum absolute atomic E-state index is 13.6. The Morgan fingerprint density at radius 2 is 2.43 bits per heavy atom. The van der Waals surface area contributed by atoms with Crippen LogP contribution in [0.25, 0.3) is 0 Å². The lowest BCUT2D eigenvalue weighted by molar-refractivity contribution is 0.305. The van der Waals surface area contributed by atoms with Crippen molar-refractivity contribution < 1.29 is 9.13 Å². The van der Waals surface area contributed by atoms with Gasteiger partial charge >= 0.3 is 0 Å². The Balaban J connectivity index is 2.64. The first kappa shape index (κ1) is 9.28. The number of rotatable bonds is 0. The first-order chi connectivity index (χ1) is 6.74. The molecule has 0 atom stereocenters. The maximum Gasteiger partial charge on any atom is 0.182 e. The Hall–Kier alpha value is -1.28. The number of nitrogens with one attached hydrogen (secondary N) is 1. The van der Waals surface area contributed by atoms with Gasteiger partial charge in [0.25, 0.3) is 0 Å². The topological polar surface area (TPSA) is 45.0 Å². The summed E-state index contributed by atoms with van der Waals surface area (Å²) in [7, 11) is 0. The van der Waals surface area contributed by atoms with E-state index in [0.29, 0.717) is 18.8 Å². The second-order valence-electron chi connectivity index (χ2n) is 2.82. The molecule has 1 aliphatic rings. The number of hydrogen-bond acceptors (Lipinski definition) is 3. The van der Waals surface area contributed by atoms with Gasteiger partial charge in [-0.25, -0.2) is 4.39 Å². The lowest BCUT2D eigenvalue weighted by atomic mass is 10.2. The SMILES string of the molecule is N#Cc1cc2c(c(F)c1Br)OCCN2. The van der Waals surface area contributed by atoms with Crippen molar-refractivity contribution in [2.45, 2.75) is 0 Å². The van der Waals surface area contributed by atoms with Gasteiger partial charge in [-0.05, 0) is 22.0 Å². The zero-order valence-corrected chi connectivity index (χ0v) is 8.69. The standard InChI is InChI=1S/C9H6BrFN2O/c10-7-5(4-12)3-6-9(8(7)11)14-2-1-13-6/h3,13H,1-2H2. The molecule has 14 heavy (non-hydrogen) atoms. The first-order valence-electron chi connectivity index (χ1n) is 4.03. The van der Waals surface area contributed by atoms with Crippen molar-refractivity contribution in [1.82, 2.24) is 0 Å². The van der Waals surface area contributed by atoms with E-state index in [1.54, 1.807) is 6.07 Å². The van der Waals surface area contributed by atoms with Gasteiger partial charge in [0.2, 0.25) is 0 Å². The quantitative estimate of drug-likeness (QED) is 0.775. The Morgan fingerprint density at radius 3 is 3.14 bits per heavy atom. The number of benzene rings is 1. The van der Waals surface area contributed by atoms with Crippen LogP contribution in [0.4, 0.5) is 10.1 Å². The molecule has 0 amide bonds. The predicted molar refractivity (Wildman–Crippen MR) is 52.8 cm³/mol. The highest BCUT2D eigenvalue weighted by molar-refractivity contribution is 9.10. The molecule has 0 bridgehead atoms. The van der Waals surface area contributed by atoms with Gasteiger partial charge in [-0.3, -0.25) is 0 Å². The number of halogens is 2. The summed E-state index contributed by atoms with van der Waals surface area (Å²) in [6.07, 6.45) is 0. The van der Waals surface area contributed by atoms with E-state index >= 15 is 0 Å². The Labute approximate surface area is 88.6 Å². The number of anilines is 1. The van der Waals surface area contributed by atoms with Crippen LogP contribution in [0, 0.1) is 17.1 Å². The number of hydrogen-bond donors (Lipinski definition) is 1. The molecule has 1 aromatic rings. The summed E-state index contributed by atoms with van der Waals surface area (Å²) in [5, 5.41) is 11.7. The van der Waals surface area contributed by atoms with Gasteiger partial charge < -0.3 is 10.1 Å². The molecule has 1 heterocycles. The number of nitrogens with zero attached hydrogens (tertiary/aromatic N) is 1. The van der Waals surface area contributed by atoms with E-state index < -0.39 is 5.82 Å². The molecule has 1 aliphatic heterocycles. The van der Waals surface area contributed by atoms with E-state index in [1.165, 1.54) is 0 Å². The highest BCUT2D eigenvalue weighted by Gasteiger charge is 2.20. The van der Waals surface area contributed by atoms with E-state index in [1.807, 2.05) is 6.07 Å². The van der Waals surface area contributed by atoms with Gasteiger partial charge in [0.15, 0.2) is 11.6 Å². The van der Waals surface area contributed by atoms with E-state index in [9.17, 15) is 4.39 Å². The smallest absolute Gasteiger partial charge is 0.182 e. The van der Waals surface area contributed by atoms with Crippen LogP contribution in [-0.4, -0.2) is 13.2 Å². The zero-order chi connectivity index (χ0) is 10.1. The van der Waals surface area contributed by atoms with Crippen molar-refractivity contribution in [1.29, 1.82) is 5.26 Å². The van der Waals surface area contributed by atoms with E-state index in [0.717, 1.165) is 0 Å². The molecule has 0 fully saturated rings. The fourth-order valence-electron chi connectivity index (χ4n) is 1.30. The van der Waals surface area contributed by atoms with Crippen LogP contribution in [0.15, 0.2) is 10.5 Å². The lowest BCUT2D eigenvalue weighted by Gasteiger charge is -2.20. The average molecular weight is 257 g/mol. The number of ether oxygens (including phenoxy) is 1. The van der Waals surface area contributed by atoms with E-state index in [2.05, 4.69) is 21.2 Å². The third-order valence-corrected chi connectivity index (χ3v) is 2.72. The molecule has 0 radical (unpaired) electrons. The van der Waals surface area contributed by atoms with Gasteiger partial charge in [0, 0.05) is 6.54 Å². The van der Waals surface area contributed by atoms with Crippen molar-refractivity contribution in [2.24, 2.45) is 0 Å². The van der Waals surface area contributed by atoms with Crippen molar-refractivity contribution in [3.05, 3.63) is 21.9 Å². The summed E-state index contributed by atoms with van der Waals surface area (Å²) in [5.41, 5.74) is 0.799. The van der Waals surface area contributed by atoms with Crippen molar-refractivity contribution >= 4 is 21.6 Å². The Morgan fingerprint density at radius 1 is 1.64 bits per heavy atom. The summed E-state index contributed by atoms with van der Waals surface area (Å²) >= 11 is 3.01. The minimum absolute atomic E-state index is 0.155. The van der Waals surface area contributed by atoms with E-state index in [-0.39, 0.29) is 15.8 Å². The van der Waals surface area contributed by atoms with Gasteiger partial charge in [-0.15, -0.1) is 0 Å². The molecule has 0 saturated heterocycles. The Kier molecular flexibility index (Phi) is 2.30. The van der Waals surface area contributed by atoms with Crippen LogP contribution < -0.4 is 10.1 Å². The van der Waals surface area contributed by atoms with Crippen molar-refractivity contribution in [3.8, 4) is 11.8 Å². The van der Waals surface area contributed by atoms with Crippen LogP contribution in [0.3, 0.4) is 0 Å². The minimum atomic E-state index is -0.522. The summed E-state index contributed by atoms with van der Waals surface area (Å²) in [4.78, 5) is 0. The van der Waals surface area contributed by atoms with Crippen LogP contribution in [0.5, 0.6) is 5.75 Å². The monoisotopic (exact) mass is 256 g/mol. The third kappa shape index (κ3) is 1.32. The molecule has 3 nitrogen and oxygen atoms in total. The van der Waals surface area contributed by atoms with Gasteiger partial charge in [0.05, 0.1) is 15.7 Å². The largest absolute Gasteiger partial charge is 0.486 e. The lowest BCUT2D eigenvalue weighted by Crippen LogP contribution is -2.19. The molecule has 0 spiro atoms. The molecular weight excluding hydrogens is 251 g/mol. The maximum atomic E-state index is 13.6. The summed E-state index contributed by atoms with van der Waals surface area (Å²) in [6.45, 7) is 1.06. The first-order valence-corrected chi connectivity index (χ1v) is 4.82. The molecule has 0 unspecified atom stereocenters. The van der Waals surface area contributed by atoms with Crippen LogP contribution in [0.1, 0.15) is 5.56 Å². The summed E-state index contributed by atoms with van der Waals surface area (Å²) < 4.78 is 18.9. The molecule has 1 N–H and O–H groups in total. The van der Waals surface area contributed by atoms with Crippen molar-refractivity contribution in [2.75, 3.05) is 18.5 Å². The van der Waals surface area contributed by atoms with Crippen LogP contribution >= 0.6 is 15.9 Å². The second-order valence-corrected chi connectivity index (χ2v) is 3.61. The molecule has 2 rings (SSSR count). The molecule has 72 valence electrons. The molecule has 0 aliphatic carbocycles. The highest BCUT2D eigenvalue weighted by Crippen LogP contribution is 2.36. The van der Waals surface area contributed by atoms with Crippen LogP contribution in [0.2, 0.25) is 0 Å². The zero-order valence-electron chi connectivity index (χ0n) is 7.10. The van der Waals surface area contributed by atoms with Gasteiger partial charge in [-0.2, -0.15) is 5.26 Å². The normalized spacial score (nSPS) is 13.5. The van der Waals surface area contributed by atoms with Crippen molar-refractivity contribution in [3.63, 3.8) is 0 Å². The second kappa shape index (κ2) is 3.46. The Bertz CT molecular complexity index is 428. The van der Waals surface area contributed by atoms with Gasteiger partial charge in [-0.1, -0.05) is 0 Å². The number of fused-ring (bicyclic) bond motifs is 1. The predicted octanol–water partition coefficient (Wildman–Crippen LogP) is 2.26. The highest BCUT2D eigenvalue weighted by atomic mass is 79.9. The fourth-order valence-corrected chi connectivity index (χ4v) is 1.69. The molecule has 0 saturated carbocycles. The molecule has 0 aromatic heterocycles. The summed E-state index contributed by atoms with van der Waals surface area (Å²) in [5.74, 6) is -0.339. The minimum Gasteiger partial charge on any atom is -0.486 e. The molecular formula is C9H6BrFN2O. The van der Waals surface area contributed by atoms with Gasteiger partial charge in [0.1, 0.15) is 12.7 Å². The fraction of sp³-hybridized carbons (Fsp3) is 0.222. The molecule has 5 heteroatoms. The van der Waals surface area contributed by atoms with E-state index in [4.69, 9.17) is 10.00 Å². The average Bonchev–Trinajstić information content (AvgIpc) is 2.23.